The minimum absolute atomic E-state index is 0.103. The molecular weight excluding hydrogens is 328 g/mol. The van der Waals surface area contributed by atoms with Crippen molar-refractivity contribution in [1.29, 1.82) is 0 Å². The van der Waals surface area contributed by atoms with Crippen LogP contribution in [0.15, 0.2) is 53.3 Å². The molecule has 3 aromatic rings. The fourth-order valence-corrected chi connectivity index (χ4v) is 2.79. The quantitative estimate of drug-likeness (QED) is 0.764. The second-order valence-electron chi connectivity index (χ2n) is 5.37. The molecule has 0 radical (unpaired) electrons. The maximum absolute atomic E-state index is 12.3. The van der Waals surface area contributed by atoms with Gasteiger partial charge in [-0.05, 0) is 30.3 Å². The van der Waals surface area contributed by atoms with E-state index in [1.54, 1.807) is 40.4 Å². The van der Waals surface area contributed by atoms with Gasteiger partial charge in [-0.1, -0.05) is 29.8 Å². The normalized spacial score (nSPS) is 10.8. The standard InChI is InChI=1S/C17H17ClN4O2/c1-21-14-7-2-3-8-15(14)22(17(21)24)10-9-19-16(23)20-13-6-4-5-12(18)11-13/h2-8,11H,9-10H2,1H3,(H2,19,20,23). The maximum Gasteiger partial charge on any atom is 0.328 e. The van der Waals surface area contributed by atoms with E-state index in [4.69, 9.17) is 11.6 Å². The number of nitrogens with one attached hydrogen (secondary N) is 2. The van der Waals surface area contributed by atoms with E-state index in [0.717, 1.165) is 11.0 Å². The summed E-state index contributed by atoms with van der Waals surface area (Å²) in [5.74, 6) is 0. The van der Waals surface area contributed by atoms with Crippen LogP contribution in [-0.4, -0.2) is 21.7 Å². The number of aryl methyl sites for hydroxylation is 1. The van der Waals surface area contributed by atoms with E-state index >= 15 is 0 Å². The highest BCUT2D eigenvalue weighted by molar-refractivity contribution is 6.30. The molecule has 24 heavy (non-hydrogen) atoms. The lowest BCUT2D eigenvalue weighted by atomic mass is 10.3. The van der Waals surface area contributed by atoms with Crippen LogP contribution in [0.25, 0.3) is 11.0 Å². The van der Waals surface area contributed by atoms with Crippen LogP contribution in [0.5, 0.6) is 0 Å². The van der Waals surface area contributed by atoms with Crippen LogP contribution in [-0.2, 0) is 13.6 Å². The van der Waals surface area contributed by atoms with Crippen LogP contribution in [0.4, 0.5) is 10.5 Å². The third kappa shape index (κ3) is 3.28. The average Bonchev–Trinajstić information content (AvgIpc) is 2.80. The molecule has 3 rings (SSSR count). The highest BCUT2D eigenvalue weighted by Crippen LogP contribution is 2.14. The Balaban J connectivity index is 1.64. The number of hydrogen-bond acceptors (Lipinski definition) is 2. The molecule has 0 atom stereocenters. The molecule has 2 N–H and O–H groups in total. The summed E-state index contributed by atoms with van der Waals surface area (Å²) in [6.07, 6.45) is 0. The lowest BCUT2D eigenvalue weighted by molar-refractivity contribution is 0.251. The number of hydrogen-bond donors (Lipinski definition) is 2. The highest BCUT2D eigenvalue weighted by Gasteiger charge is 2.10. The van der Waals surface area contributed by atoms with Crippen LogP contribution in [0, 0.1) is 0 Å². The number of rotatable bonds is 4. The van der Waals surface area contributed by atoms with Gasteiger partial charge in [0.1, 0.15) is 0 Å². The number of carbonyl (C=O) groups excluding carboxylic acids is 1. The molecule has 0 unspecified atom stereocenters. The minimum Gasteiger partial charge on any atom is -0.336 e. The summed E-state index contributed by atoms with van der Waals surface area (Å²) in [4.78, 5) is 24.2. The predicted molar refractivity (Wildman–Crippen MR) is 95.7 cm³/mol. The third-order valence-corrected chi connectivity index (χ3v) is 3.99. The lowest BCUT2D eigenvalue weighted by Crippen LogP contribution is -2.33. The van der Waals surface area contributed by atoms with Crippen LogP contribution in [0.1, 0.15) is 0 Å². The number of fused-ring (bicyclic) bond motifs is 1. The summed E-state index contributed by atoms with van der Waals surface area (Å²) >= 11 is 5.88. The largest absolute Gasteiger partial charge is 0.336 e. The first-order valence-electron chi connectivity index (χ1n) is 7.51. The second kappa shape index (κ2) is 6.80. The first kappa shape index (κ1) is 16.1. The smallest absolute Gasteiger partial charge is 0.328 e. The van der Waals surface area contributed by atoms with Crippen molar-refractivity contribution >= 4 is 34.4 Å². The molecule has 6 nitrogen and oxygen atoms in total. The zero-order chi connectivity index (χ0) is 17.1. The number of aromatic nitrogens is 2. The SMILES string of the molecule is Cn1c(=O)n(CCNC(=O)Nc2cccc(Cl)c2)c2ccccc21. The van der Waals surface area contributed by atoms with Gasteiger partial charge in [0.15, 0.2) is 0 Å². The fraction of sp³-hybridized carbons (Fsp3) is 0.176. The molecule has 2 aromatic carbocycles. The van der Waals surface area contributed by atoms with Gasteiger partial charge < -0.3 is 10.6 Å². The number of para-hydroxylation sites is 2. The molecule has 0 bridgehead atoms. The topological polar surface area (TPSA) is 68.1 Å². The molecule has 0 aliphatic heterocycles. The molecule has 0 fully saturated rings. The molecule has 1 heterocycles. The lowest BCUT2D eigenvalue weighted by Gasteiger charge is -2.08. The molecule has 0 aliphatic rings. The number of urea groups is 1. The van der Waals surface area contributed by atoms with Crippen molar-refractivity contribution in [2.75, 3.05) is 11.9 Å². The number of amides is 2. The van der Waals surface area contributed by atoms with Gasteiger partial charge in [0.05, 0.1) is 11.0 Å². The summed E-state index contributed by atoms with van der Waals surface area (Å²) < 4.78 is 3.25. The number of carbonyl (C=O) groups is 1. The first-order chi connectivity index (χ1) is 11.6. The Morgan fingerprint density at radius 2 is 1.88 bits per heavy atom. The summed E-state index contributed by atoms with van der Waals surface area (Å²) in [6.45, 7) is 0.726. The van der Waals surface area contributed by atoms with E-state index in [-0.39, 0.29) is 11.7 Å². The Hall–Kier alpha value is -2.73. The van der Waals surface area contributed by atoms with Crippen LogP contribution >= 0.6 is 11.6 Å². The third-order valence-electron chi connectivity index (χ3n) is 3.76. The molecule has 0 spiro atoms. The van der Waals surface area contributed by atoms with Gasteiger partial charge in [-0.3, -0.25) is 9.13 Å². The van der Waals surface area contributed by atoms with Crippen molar-refractivity contribution < 1.29 is 4.79 Å². The van der Waals surface area contributed by atoms with Gasteiger partial charge >= 0.3 is 11.7 Å². The summed E-state index contributed by atoms with van der Waals surface area (Å²) in [5.41, 5.74) is 2.23. The Morgan fingerprint density at radius 1 is 1.12 bits per heavy atom. The van der Waals surface area contributed by atoms with Crippen LogP contribution in [0.2, 0.25) is 5.02 Å². The molecule has 0 aliphatic carbocycles. The summed E-state index contributed by atoms with van der Waals surface area (Å²) in [7, 11) is 1.74. The number of benzene rings is 2. The van der Waals surface area contributed by atoms with E-state index in [1.807, 2.05) is 24.3 Å². The average molecular weight is 345 g/mol. The van der Waals surface area contributed by atoms with Crippen molar-refractivity contribution in [2.45, 2.75) is 6.54 Å². The van der Waals surface area contributed by atoms with E-state index in [0.29, 0.717) is 23.8 Å². The number of nitrogens with zero attached hydrogens (tertiary/aromatic N) is 2. The minimum atomic E-state index is -0.342. The monoisotopic (exact) mass is 344 g/mol. The predicted octanol–water partition coefficient (Wildman–Crippen LogP) is 2.82. The van der Waals surface area contributed by atoms with E-state index in [1.165, 1.54) is 0 Å². The Bertz CT molecular complexity index is 945. The van der Waals surface area contributed by atoms with Gasteiger partial charge in [0, 0.05) is 30.8 Å². The van der Waals surface area contributed by atoms with Crippen molar-refractivity contribution in [3.63, 3.8) is 0 Å². The van der Waals surface area contributed by atoms with Crippen molar-refractivity contribution in [1.82, 2.24) is 14.5 Å². The van der Waals surface area contributed by atoms with E-state index in [9.17, 15) is 9.59 Å². The Morgan fingerprint density at radius 3 is 2.62 bits per heavy atom. The molecule has 7 heteroatoms. The van der Waals surface area contributed by atoms with Gasteiger partial charge in [-0.25, -0.2) is 9.59 Å². The van der Waals surface area contributed by atoms with Gasteiger partial charge in [-0.2, -0.15) is 0 Å². The zero-order valence-electron chi connectivity index (χ0n) is 13.1. The van der Waals surface area contributed by atoms with E-state index < -0.39 is 0 Å². The maximum atomic E-state index is 12.3. The highest BCUT2D eigenvalue weighted by atomic mass is 35.5. The van der Waals surface area contributed by atoms with Crippen molar-refractivity contribution in [3.05, 3.63) is 64.0 Å². The van der Waals surface area contributed by atoms with Crippen molar-refractivity contribution in [3.8, 4) is 0 Å². The molecule has 0 saturated heterocycles. The number of imidazole rings is 1. The molecular formula is C17H17ClN4O2. The number of anilines is 1. The van der Waals surface area contributed by atoms with Crippen LogP contribution < -0.4 is 16.3 Å². The fourth-order valence-electron chi connectivity index (χ4n) is 2.60. The molecule has 124 valence electrons. The molecule has 2 amide bonds. The molecule has 1 aromatic heterocycles. The summed E-state index contributed by atoms with van der Waals surface area (Å²) in [5, 5.41) is 5.99. The summed E-state index contributed by atoms with van der Waals surface area (Å²) in [6, 6.07) is 14.1. The first-order valence-corrected chi connectivity index (χ1v) is 7.89. The van der Waals surface area contributed by atoms with Gasteiger partial charge in [-0.15, -0.1) is 0 Å². The molecule has 0 saturated carbocycles. The number of halogens is 1. The second-order valence-corrected chi connectivity index (χ2v) is 5.81. The van der Waals surface area contributed by atoms with Gasteiger partial charge in [0.25, 0.3) is 0 Å². The Labute approximate surface area is 143 Å². The van der Waals surface area contributed by atoms with E-state index in [2.05, 4.69) is 10.6 Å². The van der Waals surface area contributed by atoms with Gasteiger partial charge in [0.2, 0.25) is 0 Å². The van der Waals surface area contributed by atoms with Crippen LogP contribution in [0.3, 0.4) is 0 Å². The van der Waals surface area contributed by atoms with Crippen molar-refractivity contribution in [2.24, 2.45) is 7.05 Å². The Kier molecular flexibility index (Phi) is 4.57. The zero-order valence-corrected chi connectivity index (χ0v) is 13.9.